The van der Waals surface area contributed by atoms with Gasteiger partial charge in [-0.05, 0) is 62.3 Å². The van der Waals surface area contributed by atoms with E-state index in [0.717, 1.165) is 18.4 Å². The summed E-state index contributed by atoms with van der Waals surface area (Å²) in [5.74, 6) is -0.675. The second-order valence-corrected chi connectivity index (χ2v) is 11.8. The number of aliphatic hydroxyl groups is 1. The van der Waals surface area contributed by atoms with Crippen molar-refractivity contribution in [3.8, 4) is 0 Å². The van der Waals surface area contributed by atoms with E-state index < -0.39 is 17.1 Å². The summed E-state index contributed by atoms with van der Waals surface area (Å²) < 4.78 is 0. The minimum absolute atomic E-state index is 0.185. The summed E-state index contributed by atoms with van der Waals surface area (Å²) in [7, 11) is 0. The summed E-state index contributed by atoms with van der Waals surface area (Å²) in [5, 5.41) is 20.9. The first-order chi connectivity index (χ1) is 16.9. The number of hydrogen-bond donors (Lipinski definition) is 4. The van der Waals surface area contributed by atoms with Gasteiger partial charge in [-0.3, -0.25) is 9.59 Å². The van der Waals surface area contributed by atoms with Gasteiger partial charge in [-0.15, -0.1) is 0 Å². The first-order valence-electron chi connectivity index (χ1n) is 12.6. The predicted molar refractivity (Wildman–Crippen MR) is 138 cm³/mol. The second kappa shape index (κ2) is 9.71. The average Bonchev–Trinajstić information content (AvgIpc) is 3.21. The number of halogens is 1. The highest BCUT2D eigenvalue weighted by molar-refractivity contribution is 6.30. The molecule has 1 aromatic carbocycles. The van der Waals surface area contributed by atoms with Crippen molar-refractivity contribution in [2.75, 3.05) is 19.6 Å². The maximum Gasteiger partial charge on any atom is 0.315 e. The Labute approximate surface area is 217 Å². The lowest BCUT2D eigenvalue weighted by Gasteiger charge is -2.51. The van der Waals surface area contributed by atoms with Gasteiger partial charge in [0.25, 0.3) is 0 Å². The van der Waals surface area contributed by atoms with Gasteiger partial charge >= 0.3 is 6.03 Å². The molecule has 1 aromatic rings. The number of likely N-dealkylation sites (tertiary alicyclic amines) is 1. The van der Waals surface area contributed by atoms with Crippen molar-refractivity contribution in [3.63, 3.8) is 0 Å². The summed E-state index contributed by atoms with van der Waals surface area (Å²) >= 11 is 6.04. The van der Waals surface area contributed by atoms with Crippen molar-refractivity contribution in [2.24, 2.45) is 11.3 Å². The van der Waals surface area contributed by atoms with Crippen molar-refractivity contribution >= 4 is 29.4 Å². The lowest BCUT2D eigenvalue weighted by Crippen LogP contribution is -2.60. The first kappa shape index (κ1) is 26.5. The van der Waals surface area contributed by atoms with Crippen molar-refractivity contribution in [1.29, 1.82) is 0 Å². The van der Waals surface area contributed by atoms with Crippen LogP contribution in [-0.2, 0) is 15.2 Å². The monoisotopic (exact) mass is 516 g/mol. The molecule has 1 aliphatic carbocycles. The quantitative estimate of drug-likeness (QED) is 0.451. The molecule has 1 saturated carbocycles. The zero-order valence-corrected chi connectivity index (χ0v) is 22.1. The molecule has 4 rings (SSSR count). The number of urea groups is 1. The van der Waals surface area contributed by atoms with Gasteiger partial charge in [0.05, 0.1) is 5.60 Å². The third kappa shape index (κ3) is 4.98. The molecule has 1 spiro atoms. The van der Waals surface area contributed by atoms with Gasteiger partial charge in [-0.1, -0.05) is 44.2 Å². The number of carbonyl (C=O) groups excluding carboxylic acids is 3. The van der Waals surface area contributed by atoms with E-state index in [9.17, 15) is 19.5 Å². The highest BCUT2D eigenvalue weighted by Gasteiger charge is 2.50. The van der Waals surface area contributed by atoms with Gasteiger partial charge in [0, 0.05) is 41.5 Å². The molecule has 0 aromatic heterocycles. The molecule has 8 nitrogen and oxygen atoms in total. The molecule has 4 N–H and O–H groups in total. The number of benzene rings is 1. The van der Waals surface area contributed by atoms with Crippen LogP contribution in [0.2, 0.25) is 5.02 Å². The molecule has 9 heteroatoms. The second-order valence-electron chi connectivity index (χ2n) is 11.4. The molecular weight excluding hydrogens is 480 g/mol. The topological polar surface area (TPSA) is 111 Å². The van der Waals surface area contributed by atoms with E-state index in [1.807, 2.05) is 26.0 Å². The Bertz CT molecular complexity index is 1060. The van der Waals surface area contributed by atoms with Crippen LogP contribution in [0.3, 0.4) is 0 Å². The maximum atomic E-state index is 13.6. The third-order valence-electron chi connectivity index (χ3n) is 8.36. The molecule has 3 aliphatic rings. The van der Waals surface area contributed by atoms with E-state index in [0.29, 0.717) is 49.5 Å². The van der Waals surface area contributed by atoms with Crippen LogP contribution in [0.4, 0.5) is 4.79 Å². The SMILES string of the molecule is C=C(C)C(NC(=O)C1CCC2(CCNC(=O)N2)C1)C(=O)N1CCC(O)(c2ccc(Cl)cc2)C(C)(C)C1. The number of carbonyl (C=O) groups is 3. The van der Waals surface area contributed by atoms with Gasteiger partial charge in [-0.25, -0.2) is 4.79 Å². The fraction of sp³-hybridized carbons (Fsp3) is 0.593. The molecule has 2 heterocycles. The molecule has 4 unspecified atom stereocenters. The van der Waals surface area contributed by atoms with E-state index in [2.05, 4.69) is 22.5 Å². The third-order valence-corrected chi connectivity index (χ3v) is 8.61. The maximum absolute atomic E-state index is 13.6. The van der Waals surface area contributed by atoms with Crippen LogP contribution in [0.1, 0.15) is 58.4 Å². The largest absolute Gasteiger partial charge is 0.384 e. The lowest BCUT2D eigenvalue weighted by atomic mass is 9.66. The average molecular weight is 517 g/mol. The van der Waals surface area contributed by atoms with Gasteiger partial charge in [-0.2, -0.15) is 0 Å². The molecule has 0 bridgehead atoms. The van der Waals surface area contributed by atoms with Gasteiger partial charge in [0.2, 0.25) is 11.8 Å². The van der Waals surface area contributed by atoms with Crippen molar-refractivity contribution in [2.45, 2.75) is 70.1 Å². The fourth-order valence-electron chi connectivity index (χ4n) is 6.06. The van der Waals surface area contributed by atoms with Crippen LogP contribution in [0.25, 0.3) is 0 Å². The summed E-state index contributed by atoms with van der Waals surface area (Å²) in [4.78, 5) is 40.3. The van der Waals surface area contributed by atoms with Gasteiger partial charge in [0.1, 0.15) is 6.04 Å². The molecule has 196 valence electrons. The van der Waals surface area contributed by atoms with Crippen LogP contribution in [0, 0.1) is 11.3 Å². The Kier molecular flexibility index (Phi) is 7.14. The highest BCUT2D eigenvalue weighted by atomic mass is 35.5. The summed E-state index contributed by atoms with van der Waals surface area (Å²) in [6.07, 6.45) is 3.12. The number of nitrogens with one attached hydrogen (secondary N) is 3. The first-order valence-corrected chi connectivity index (χ1v) is 13.0. The summed E-state index contributed by atoms with van der Waals surface area (Å²) in [6.45, 7) is 10.9. The smallest absolute Gasteiger partial charge is 0.315 e. The van der Waals surface area contributed by atoms with E-state index in [1.54, 1.807) is 24.0 Å². The number of hydrogen-bond acceptors (Lipinski definition) is 4. The van der Waals surface area contributed by atoms with E-state index in [1.165, 1.54) is 0 Å². The van der Waals surface area contributed by atoms with Crippen molar-refractivity contribution in [3.05, 3.63) is 47.0 Å². The number of rotatable bonds is 5. The van der Waals surface area contributed by atoms with Gasteiger partial charge in [0.15, 0.2) is 0 Å². The molecule has 2 saturated heterocycles. The zero-order chi connectivity index (χ0) is 26.3. The zero-order valence-electron chi connectivity index (χ0n) is 21.3. The molecule has 2 aliphatic heterocycles. The van der Waals surface area contributed by atoms with Crippen LogP contribution >= 0.6 is 11.6 Å². The Morgan fingerprint density at radius 2 is 1.92 bits per heavy atom. The molecule has 36 heavy (non-hydrogen) atoms. The van der Waals surface area contributed by atoms with E-state index in [-0.39, 0.29) is 29.3 Å². The number of nitrogens with zero attached hydrogens (tertiary/aromatic N) is 1. The standard InChI is InChI=1S/C27H37ClN4O4/c1-17(2)21(30-22(33)18-9-10-26(15-18)11-13-29-24(35)31-26)23(34)32-14-12-27(36,25(3,4)16-32)19-5-7-20(28)8-6-19/h5-8,18,21,36H,1,9-16H2,2-4H3,(H,30,33)(H2,29,31,35). The number of amides is 4. The van der Waals surface area contributed by atoms with Crippen molar-refractivity contribution in [1.82, 2.24) is 20.9 Å². The fourth-order valence-corrected chi connectivity index (χ4v) is 6.19. The normalized spacial score (nSPS) is 30.3. The number of piperidine rings is 1. The minimum atomic E-state index is -1.12. The van der Waals surface area contributed by atoms with Crippen molar-refractivity contribution < 1.29 is 19.5 Å². The summed E-state index contributed by atoms with van der Waals surface area (Å²) in [6, 6.07) is 6.15. The molecule has 3 fully saturated rings. The van der Waals surface area contributed by atoms with Gasteiger partial charge < -0.3 is 26.0 Å². The molecular formula is C27H37ClN4O4. The minimum Gasteiger partial charge on any atom is -0.384 e. The molecule has 4 atom stereocenters. The summed E-state index contributed by atoms with van der Waals surface area (Å²) in [5.41, 5.74) is -0.769. The Hall–Kier alpha value is -2.58. The lowest BCUT2D eigenvalue weighted by molar-refractivity contribution is -0.155. The highest BCUT2D eigenvalue weighted by Crippen LogP contribution is 2.46. The van der Waals surface area contributed by atoms with Crippen LogP contribution in [0.5, 0.6) is 0 Å². The Balaban J connectivity index is 1.43. The van der Waals surface area contributed by atoms with E-state index >= 15 is 0 Å². The van der Waals surface area contributed by atoms with E-state index in [4.69, 9.17) is 11.6 Å². The van der Waals surface area contributed by atoms with Crippen LogP contribution in [-0.4, -0.2) is 59.1 Å². The Morgan fingerprint density at radius 1 is 1.22 bits per heavy atom. The molecule has 0 radical (unpaired) electrons. The molecule has 4 amide bonds. The van der Waals surface area contributed by atoms with Crippen LogP contribution in [0.15, 0.2) is 36.4 Å². The van der Waals surface area contributed by atoms with Crippen LogP contribution < -0.4 is 16.0 Å². The predicted octanol–water partition coefficient (Wildman–Crippen LogP) is 3.09. The Morgan fingerprint density at radius 3 is 2.53 bits per heavy atom.